The van der Waals surface area contributed by atoms with E-state index in [2.05, 4.69) is 5.32 Å². The quantitative estimate of drug-likeness (QED) is 0.662. The molecule has 2 aromatic rings. The number of benzene rings is 2. The van der Waals surface area contributed by atoms with Gasteiger partial charge in [0.15, 0.2) is 0 Å². The summed E-state index contributed by atoms with van der Waals surface area (Å²) in [6, 6.07) is 9.78. The Kier molecular flexibility index (Phi) is 6.63. The van der Waals surface area contributed by atoms with Crippen LogP contribution in [0, 0.1) is 0 Å². The van der Waals surface area contributed by atoms with E-state index in [-0.39, 0.29) is 29.1 Å². The van der Waals surface area contributed by atoms with Crippen molar-refractivity contribution < 1.29 is 32.7 Å². The highest BCUT2D eigenvalue weighted by Gasteiger charge is 2.39. The third kappa shape index (κ3) is 5.98. The van der Waals surface area contributed by atoms with Crippen molar-refractivity contribution in [2.45, 2.75) is 19.0 Å². The van der Waals surface area contributed by atoms with Crippen molar-refractivity contribution in [3.05, 3.63) is 58.6 Å². The maximum atomic E-state index is 12.5. The third-order valence-electron chi connectivity index (χ3n) is 3.54. The van der Waals surface area contributed by atoms with Crippen LogP contribution in [0.3, 0.4) is 0 Å². The van der Waals surface area contributed by atoms with Gasteiger partial charge in [-0.1, -0.05) is 23.7 Å². The summed E-state index contributed by atoms with van der Waals surface area (Å²) in [7, 11) is 0. The number of halogens is 4. The number of aliphatic carboxylic acids is 1. The number of hydrogen-bond acceptors (Lipinski definition) is 3. The van der Waals surface area contributed by atoms with Crippen LogP contribution in [0.5, 0.6) is 0 Å². The first-order valence-electron chi connectivity index (χ1n) is 7.86. The van der Waals surface area contributed by atoms with E-state index in [9.17, 15) is 27.6 Å². The highest BCUT2D eigenvalue weighted by atomic mass is 35.5. The van der Waals surface area contributed by atoms with Gasteiger partial charge in [-0.05, 0) is 42.3 Å². The van der Waals surface area contributed by atoms with Crippen molar-refractivity contribution in [1.82, 2.24) is 0 Å². The lowest BCUT2D eigenvalue weighted by Crippen LogP contribution is -2.31. The van der Waals surface area contributed by atoms with Gasteiger partial charge in [0.2, 0.25) is 0 Å². The van der Waals surface area contributed by atoms with Crippen molar-refractivity contribution >= 4 is 40.8 Å². The molecular formula is C18H14ClF3N2O4. The zero-order valence-corrected chi connectivity index (χ0v) is 14.9. The zero-order valence-electron chi connectivity index (χ0n) is 14.1. The van der Waals surface area contributed by atoms with E-state index < -0.39 is 24.0 Å². The molecule has 10 heteroatoms. The van der Waals surface area contributed by atoms with E-state index in [1.165, 1.54) is 12.1 Å². The van der Waals surface area contributed by atoms with E-state index in [1.807, 2.05) is 0 Å². The van der Waals surface area contributed by atoms with Gasteiger partial charge in [0.1, 0.15) is 0 Å². The molecule has 0 bridgehead atoms. The Bertz CT molecular complexity index is 916. The predicted molar refractivity (Wildman–Crippen MR) is 96.5 cm³/mol. The van der Waals surface area contributed by atoms with Gasteiger partial charge in [-0.3, -0.25) is 14.4 Å². The first-order valence-corrected chi connectivity index (χ1v) is 8.24. The van der Waals surface area contributed by atoms with Crippen molar-refractivity contribution in [2.24, 2.45) is 0 Å². The second-order valence-corrected chi connectivity index (χ2v) is 6.13. The van der Waals surface area contributed by atoms with Crippen LogP contribution in [-0.4, -0.2) is 29.1 Å². The number of alkyl halides is 3. The van der Waals surface area contributed by atoms with Crippen LogP contribution in [0.2, 0.25) is 5.02 Å². The van der Waals surface area contributed by atoms with Crippen LogP contribution in [0.1, 0.15) is 22.3 Å². The van der Waals surface area contributed by atoms with Crippen molar-refractivity contribution in [1.29, 1.82) is 0 Å². The topological polar surface area (TPSA) is 95.5 Å². The third-order valence-corrected chi connectivity index (χ3v) is 3.78. The SMILES string of the molecule is O=C(O)CCc1cccc(NC(=O)c2cc(Cl)ccc2NC(=O)C(F)(F)F)c1. The molecule has 0 unspecified atom stereocenters. The van der Waals surface area contributed by atoms with Crippen LogP contribution >= 0.6 is 11.6 Å². The molecule has 3 N–H and O–H groups in total. The second-order valence-electron chi connectivity index (χ2n) is 5.69. The Hall–Kier alpha value is -3.07. The maximum Gasteiger partial charge on any atom is 0.471 e. The van der Waals surface area contributed by atoms with Crippen LogP contribution in [0.25, 0.3) is 0 Å². The number of anilines is 2. The fraction of sp³-hybridized carbons (Fsp3) is 0.167. The molecular weight excluding hydrogens is 401 g/mol. The number of carboxylic acid groups (broad SMARTS) is 1. The van der Waals surface area contributed by atoms with Crippen molar-refractivity contribution in [2.75, 3.05) is 10.6 Å². The summed E-state index contributed by atoms with van der Waals surface area (Å²) >= 11 is 5.82. The van der Waals surface area contributed by atoms with Crippen LogP contribution in [0.4, 0.5) is 24.5 Å². The predicted octanol–water partition coefficient (Wildman–Crippen LogP) is 4.11. The van der Waals surface area contributed by atoms with Crippen molar-refractivity contribution in [3.8, 4) is 0 Å². The summed E-state index contributed by atoms with van der Waals surface area (Å²) in [5, 5.41) is 12.9. The molecule has 0 saturated carbocycles. The highest BCUT2D eigenvalue weighted by molar-refractivity contribution is 6.31. The van der Waals surface area contributed by atoms with Crippen molar-refractivity contribution in [3.63, 3.8) is 0 Å². The molecule has 0 radical (unpaired) electrons. The highest BCUT2D eigenvalue weighted by Crippen LogP contribution is 2.25. The van der Waals surface area contributed by atoms with Gasteiger partial charge in [0.05, 0.1) is 11.3 Å². The average Bonchev–Trinajstić information content (AvgIpc) is 2.60. The molecule has 0 aliphatic heterocycles. The van der Waals surface area contributed by atoms with Gasteiger partial charge in [-0.15, -0.1) is 0 Å². The maximum absolute atomic E-state index is 12.5. The Morgan fingerprint density at radius 2 is 1.75 bits per heavy atom. The molecule has 28 heavy (non-hydrogen) atoms. The fourth-order valence-electron chi connectivity index (χ4n) is 2.26. The Morgan fingerprint density at radius 3 is 2.39 bits per heavy atom. The molecule has 0 aromatic heterocycles. The number of nitrogens with one attached hydrogen (secondary N) is 2. The lowest BCUT2D eigenvalue weighted by molar-refractivity contribution is -0.167. The molecule has 2 aromatic carbocycles. The molecule has 2 amide bonds. The number of hydrogen-bond donors (Lipinski definition) is 3. The van der Waals surface area contributed by atoms with E-state index in [0.717, 1.165) is 12.1 Å². The molecule has 0 heterocycles. The number of rotatable bonds is 6. The summed E-state index contributed by atoms with van der Waals surface area (Å²) in [6.07, 6.45) is -4.98. The van der Waals surface area contributed by atoms with E-state index in [1.54, 1.807) is 23.5 Å². The second kappa shape index (κ2) is 8.75. The van der Waals surface area contributed by atoms with Crippen LogP contribution < -0.4 is 10.6 Å². The first kappa shape index (κ1) is 21.2. The largest absolute Gasteiger partial charge is 0.481 e. The van der Waals surface area contributed by atoms with Gasteiger partial charge < -0.3 is 15.7 Å². The van der Waals surface area contributed by atoms with Gasteiger partial charge in [0.25, 0.3) is 5.91 Å². The lowest BCUT2D eigenvalue weighted by atomic mass is 10.1. The normalized spacial score (nSPS) is 11.0. The van der Waals surface area contributed by atoms with E-state index in [0.29, 0.717) is 11.3 Å². The fourth-order valence-corrected chi connectivity index (χ4v) is 2.43. The van der Waals surface area contributed by atoms with Gasteiger partial charge in [-0.25, -0.2) is 0 Å². The number of amides is 2. The smallest absolute Gasteiger partial charge is 0.471 e. The zero-order chi connectivity index (χ0) is 20.9. The van der Waals surface area contributed by atoms with Gasteiger partial charge in [-0.2, -0.15) is 13.2 Å². The average molecular weight is 415 g/mol. The summed E-state index contributed by atoms with van der Waals surface area (Å²) in [6.45, 7) is 0. The minimum Gasteiger partial charge on any atom is -0.481 e. The minimum atomic E-state index is -5.12. The van der Waals surface area contributed by atoms with Crippen LogP contribution in [-0.2, 0) is 16.0 Å². The molecule has 6 nitrogen and oxygen atoms in total. The Labute approximate surface area is 162 Å². The van der Waals surface area contributed by atoms with Gasteiger partial charge in [0, 0.05) is 17.1 Å². The molecule has 0 saturated heterocycles. The Balaban J connectivity index is 2.22. The lowest BCUT2D eigenvalue weighted by Gasteiger charge is -2.13. The molecule has 0 aliphatic rings. The van der Waals surface area contributed by atoms with E-state index >= 15 is 0 Å². The monoisotopic (exact) mass is 414 g/mol. The minimum absolute atomic E-state index is 0.0883. The number of carbonyl (C=O) groups excluding carboxylic acids is 2. The summed E-state index contributed by atoms with van der Waals surface area (Å²) in [4.78, 5) is 34.3. The molecule has 0 fully saturated rings. The number of aryl methyl sites for hydroxylation is 1. The standard InChI is InChI=1S/C18H14ClF3N2O4/c19-11-5-6-14(24-17(28)18(20,21)22)13(9-11)16(27)23-12-3-1-2-10(8-12)4-7-15(25)26/h1-3,5-6,8-9H,4,7H2,(H,23,27)(H,24,28)(H,25,26). The molecule has 0 spiro atoms. The molecule has 148 valence electrons. The molecule has 0 aliphatic carbocycles. The number of carbonyl (C=O) groups is 3. The first-order chi connectivity index (χ1) is 13.1. The summed E-state index contributed by atoms with van der Waals surface area (Å²) in [5.41, 5.74) is 0.338. The van der Waals surface area contributed by atoms with Gasteiger partial charge >= 0.3 is 18.1 Å². The molecule has 2 rings (SSSR count). The van der Waals surface area contributed by atoms with E-state index in [4.69, 9.17) is 16.7 Å². The Morgan fingerprint density at radius 1 is 1.04 bits per heavy atom. The summed E-state index contributed by atoms with van der Waals surface area (Å²) < 4.78 is 37.5. The van der Waals surface area contributed by atoms with Crippen LogP contribution in [0.15, 0.2) is 42.5 Å². The summed E-state index contributed by atoms with van der Waals surface area (Å²) in [5.74, 6) is -3.99. The molecule has 0 atom stereocenters. The number of carboxylic acids is 1.